The molecule has 124 valence electrons. The van der Waals surface area contributed by atoms with Crippen molar-refractivity contribution in [1.82, 2.24) is 10.1 Å². The number of furan rings is 1. The zero-order valence-corrected chi connectivity index (χ0v) is 13.9. The predicted octanol–water partition coefficient (Wildman–Crippen LogP) is 3.75. The number of hydrogen-bond acceptors (Lipinski definition) is 4. The molecule has 0 bridgehead atoms. The van der Waals surface area contributed by atoms with Gasteiger partial charge in [0.15, 0.2) is 5.58 Å². The zero-order chi connectivity index (χ0) is 16.7. The van der Waals surface area contributed by atoms with Gasteiger partial charge < -0.3 is 13.8 Å². The van der Waals surface area contributed by atoms with Gasteiger partial charge in [-0.1, -0.05) is 24.2 Å². The monoisotopic (exact) mass is 324 g/mol. The summed E-state index contributed by atoms with van der Waals surface area (Å²) in [6.45, 7) is 2.69. The predicted molar refractivity (Wildman–Crippen MR) is 89.4 cm³/mol. The summed E-state index contributed by atoms with van der Waals surface area (Å²) in [5.41, 5.74) is 1.38. The van der Waals surface area contributed by atoms with Crippen LogP contribution in [0.25, 0.3) is 11.0 Å². The molecule has 4 rings (SSSR count). The van der Waals surface area contributed by atoms with E-state index < -0.39 is 0 Å². The molecule has 0 spiro atoms. The highest BCUT2D eigenvalue weighted by Gasteiger charge is 2.36. The molecule has 2 aromatic heterocycles. The molecule has 5 heteroatoms. The van der Waals surface area contributed by atoms with Gasteiger partial charge in [-0.25, -0.2) is 0 Å². The van der Waals surface area contributed by atoms with Crippen molar-refractivity contribution >= 4 is 16.9 Å². The second kappa shape index (κ2) is 5.82. The largest absolute Gasteiger partial charge is 0.464 e. The molecule has 5 nitrogen and oxygen atoms in total. The van der Waals surface area contributed by atoms with E-state index in [-0.39, 0.29) is 12.3 Å². The molecule has 1 aliphatic carbocycles. The highest BCUT2D eigenvalue weighted by atomic mass is 16.5. The topological polar surface area (TPSA) is 59.5 Å². The van der Waals surface area contributed by atoms with Crippen LogP contribution >= 0.6 is 0 Å². The number of aromatic nitrogens is 1. The highest BCUT2D eigenvalue weighted by molar-refractivity contribution is 5.86. The number of likely N-dealkylation sites (N-methyl/N-ethyl adjacent to an activating group) is 1. The smallest absolute Gasteiger partial charge is 0.228 e. The Morgan fingerprint density at radius 2 is 2.08 bits per heavy atom. The molecular weight excluding hydrogens is 304 g/mol. The minimum Gasteiger partial charge on any atom is -0.464 e. The Morgan fingerprint density at radius 1 is 1.29 bits per heavy atom. The van der Waals surface area contributed by atoms with Crippen LogP contribution in [0.4, 0.5) is 0 Å². The summed E-state index contributed by atoms with van der Waals surface area (Å²) in [5, 5.41) is 4.91. The minimum absolute atomic E-state index is 0.00760. The van der Waals surface area contributed by atoms with Crippen LogP contribution in [0.5, 0.6) is 0 Å². The maximum absolute atomic E-state index is 12.5. The number of carbonyl (C=O) groups is 1. The van der Waals surface area contributed by atoms with E-state index in [4.69, 9.17) is 8.94 Å². The summed E-state index contributed by atoms with van der Waals surface area (Å²) in [6, 6.07) is 11.6. The van der Waals surface area contributed by atoms with Crippen LogP contribution in [0.15, 0.2) is 45.3 Å². The van der Waals surface area contributed by atoms with E-state index in [2.05, 4.69) is 12.1 Å². The third kappa shape index (κ3) is 2.82. The number of carbonyl (C=O) groups excluding carboxylic acids is 1. The van der Waals surface area contributed by atoms with Crippen molar-refractivity contribution in [2.45, 2.75) is 32.2 Å². The van der Waals surface area contributed by atoms with Gasteiger partial charge in [-0.2, -0.15) is 0 Å². The maximum atomic E-state index is 12.5. The van der Waals surface area contributed by atoms with Gasteiger partial charge in [0.1, 0.15) is 17.2 Å². The van der Waals surface area contributed by atoms with E-state index in [1.165, 1.54) is 6.42 Å². The van der Waals surface area contributed by atoms with Crippen molar-refractivity contribution in [3.8, 4) is 0 Å². The van der Waals surface area contributed by atoms with Crippen LogP contribution in [0.2, 0.25) is 0 Å². The number of fused-ring (bicyclic) bond motifs is 1. The Balaban J connectivity index is 1.41. The molecule has 3 aromatic rings. The molecule has 24 heavy (non-hydrogen) atoms. The quantitative estimate of drug-likeness (QED) is 0.717. The minimum atomic E-state index is -0.00760. The van der Waals surface area contributed by atoms with Gasteiger partial charge in [-0.3, -0.25) is 4.79 Å². The number of hydrogen-bond donors (Lipinski definition) is 0. The average Bonchev–Trinajstić information content (AvgIpc) is 2.99. The fraction of sp³-hybridized carbons (Fsp3) is 0.368. The Bertz CT molecular complexity index is 880. The number of para-hydroxylation sites is 1. The molecule has 1 fully saturated rings. The van der Waals surface area contributed by atoms with Gasteiger partial charge in [-0.15, -0.1) is 0 Å². The summed E-state index contributed by atoms with van der Waals surface area (Å²) in [4.78, 5) is 14.1. The molecule has 0 unspecified atom stereocenters. The van der Waals surface area contributed by atoms with E-state index in [1.54, 1.807) is 11.9 Å². The number of amides is 1. The van der Waals surface area contributed by atoms with Gasteiger partial charge in [-0.05, 0) is 36.6 Å². The van der Waals surface area contributed by atoms with Crippen molar-refractivity contribution in [3.63, 3.8) is 0 Å². The first-order valence-corrected chi connectivity index (χ1v) is 8.27. The normalized spacial score (nSPS) is 19.6. The van der Waals surface area contributed by atoms with Gasteiger partial charge >= 0.3 is 0 Å². The Labute approximate surface area is 140 Å². The first kappa shape index (κ1) is 15.0. The Kier molecular flexibility index (Phi) is 3.63. The summed E-state index contributed by atoms with van der Waals surface area (Å²) >= 11 is 0. The van der Waals surface area contributed by atoms with E-state index >= 15 is 0 Å². The molecule has 0 aliphatic heterocycles. The van der Waals surface area contributed by atoms with Crippen molar-refractivity contribution in [3.05, 3.63) is 53.6 Å². The summed E-state index contributed by atoms with van der Waals surface area (Å²) in [6.07, 6.45) is 1.42. The summed E-state index contributed by atoms with van der Waals surface area (Å²) in [7, 11) is 1.78. The van der Waals surface area contributed by atoms with Crippen LogP contribution in [0.1, 0.15) is 36.5 Å². The lowest BCUT2D eigenvalue weighted by atomic mass is 10.1. The fourth-order valence-electron chi connectivity index (χ4n) is 3.06. The molecule has 1 aromatic carbocycles. The average molecular weight is 324 g/mol. The van der Waals surface area contributed by atoms with E-state index in [1.807, 2.05) is 36.4 Å². The van der Waals surface area contributed by atoms with Crippen LogP contribution in [0, 0.1) is 5.92 Å². The van der Waals surface area contributed by atoms with Crippen LogP contribution in [0.3, 0.4) is 0 Å². The van der Waals surface area contributed by atoms with Crippen LogP contribution in [-0.4, -0.2) is 23.0 Å². The molecule has 2 atom stereocenters. The lowest BCUT2D eigenvalue weighted by molar-refractivity contribution is -0.130. The molecule has 0 saturated heterocycles. The lowest BCUT2D eigenvalue weighted by Crippen LogP contribution is -2.27. The highest BCUT2D eigenvalue weighted by Crippen LogP contribution is 2.47. The second-order valence-electron chi connectivity index (χ2n) is 6.68. The first-order chi connectivity index (χ1) is 11.6. The zero-order valence-electron chi connectivity index (χ0n) is 13.9. The fourth-order valence-corrected chi connectivity index (χ4v) is 3.06. The maximum Gasteiger partial charge on any atom is 0.228 e. The van der Waals surface area contributed by atoms with Crippen molar-refractivity contribution in [2.24, 2.45) is 5.92 Å². The second-order valence-corrected chi connectivity index (χ2v) is 6.68. The van der Waals surface area contributed by atoms with Gasteiger partial charge in [0.2, 0.25) is 5.91 Å². The third-order valence-electron chi connectivity index (χ3n) is 4.75. The van der Waals surface area contributed by atoms with Gasteiger partial charge in [0, 0.05) is 18.4 Å². The van der Waals surface area contributed by atoms with Crippen molar-refractivity contribution in [1.29, 1.82) is 0 Å². The Hall–Kier alpha value is -2.56. The number of nitrogens with zero attached hydrogens (tertiary/aromatic N) is 2. The lowest BCUT2D eigenvalue weighted by Gasteiger charge is -2.15. The number of rotatable bonds is 5. The van der Waals surface area contributed by atoms with E-state index in [0.717, 1.165) is 16.9 Å². The molecule has 1 saturated carbocycles. The third-order valence-corrected chi connectivity index (χ3v) is 4.75. The van der Waals surface area contributed by atoms with Crippen LogP contribution < -0.4 is 0 Å². The molecule has 1 amide bonds. The van der Waals surface area contributed by atoms with Crippen LogP contribution in [-0.2, 0) is 17.8 Å². The molecule has 0 radical (unpaired) electrons. The molecule has 0 N–H and O–H groups in total. The number of benzene rings is 1. The first-order valence-electron chi connectivity index (χ1n) is 8.27. The summed E-state index contributed by atoms with van der Waals surface area (Å²) in [5.74, 6) is 3.13. The molecule has 1 aliphatic rings. The van der Waals surface area contributed by atoms with E-state index in [0.29, 0.717) is 29.7 Å². The standard InChI is InChI=1S/C19H20N2O3/c1-12-9-15(12)17-8-7-13(23-17)11-21(2)19(22)10-16-14-5-3-4-6-18(14)24-20-16/h3-8,12,15H,9-11H2,1-2H3/t12-,15-/m0/s1. The van der Waals surface area contributed by atoms with Gasteiger partial charge in [0.05, 0.1) is 13.0 Å². The molecule has 2 heterocycles. The molecular formula is C19H20N2O3. The van der Waals surface area contributed by atoms with Crippen molar-refractivity contribution in [2.75, 3.05) is 7.05 Å². The Morgan fingerprint density at radius 3 is 2.88 bits per heavy atom. The van der Waals surface area contributed by atoms with E-state index in [9.17, 15) is 4.79 Å². The van der Waals surface area contributed by atoms with Crippen molar-refractivity contribution < 1.29 is 13.7 Å². The van der Waals surface area contributed by atoms with Gasteiger partial charge in [0.25, 0.3) is 0 Å². The SMILES string of the molecule is C[C@H]1C[C@@H]1c1ccc(CN(C)C(=O)Cc2noc3ccccc23)o1. The summed E-state index contributed by atoms with van der Waals surface area (Å²) < 4.78 is 11.1.